The maximum absolute atomic E-state index is 12.6. The van der Waals surface area contributed by atoms with Crippen LogP contribution in [-0.4, -0.2) is 48.8 Å². The van der Waals surface area contributed by atoms with Gasteiger partial charge in [-0.2, -0.15) is 0 Å². The van der Waals surface area contributed by atoms with Crippen LogP contribution in [0.3, 0.4) is 0 Å². The number of amides is 1. The van der Waals surface area contributed by atoms with Gasteiger partial charge in [-0.15, -0.1) is 0 Å². The molecule has 2 aliphatic heterocycles. The molecule has 4 rings (SSSR count). The first-order chi connectivity index (χ1) is 14.6. The van der Waals surface area contributed by atoms with Gasteiger partial charge in [0.25, 0.3) is 0 Å². The van der Waals surface area contributed by atoms with E-state index in [4.69, 9.17) is 4.99 Å². The van der Waals surface area contributed by atoms with Crippen molar-refractivity contribution in [2.75, 3.05) is 27.5 Å². The normalized spacial score (nSPS) is 21.7. The summed E-state index contributed by atoms with van der Waals surface area (Å²) in [5, 5.41) is 3.69. The summed E-state index contributed by atoms with van der Waals surface area (Å²) >= 11 is 1.36. The molecule has 0 bridgehead atoms. The van der Waals surface area contributed by atoms with Crippen LogP contribution in [0.15, 0.2) is 41.4 Å². The number of aliphatic imine (C=N–C) groups is 1. The van der Waals surface area contributed by atoms with Crippen molar-refractivity contribution in [2.24, 2.45) is 4.99 Å². The fourth-order valence-electron chi connectivity index (χ4n) is 4.16. The lowest BCUT2D eigenvalue weighted by Gasteiger charge is -2.28. The summed E-state index contributed by atoms with van der Waals surface area (Å²) in [5.41, 5.74) is 6.10. The van der Waals surface area contributed by atoms with E-state index in [-0.39, 0.29) is 35.2 Å². The molecule has 0 spiro atoms. The first kappa shape index (κ1) is 21.9. The van der Waals surface area contributed by atoms with E-state index in [1.54, 1.807) is 0 Å². The predicted octanol–water partition coefficient (Wildman–Crippen LogP) is 3.63. The Morgan fingerprint density at radius 2 is 1.77 bits per heavy atom. The third-order valence-corrected chi connectivity index (χ3v) is 8.39. The average molecular weight is 458 g/mol. The SMILES string of the molecule is Cc1ccc(NC(=O)CSC2=N[C@@H]3CS(=O)(=O)C[C@@H]3N2c2cc(C)ccc2C)c(C)c1. The molecule has 0 unspecified atom stereocenters. The third-order valence-electron chi connectivity index (χ3n) is 5.72. The van der Waals surface area contributed by atoms with Gasteiger partial charge in [-0.1, -0.05) is 41.6 Å². The summed E-state index contributed by atoms with van der Waals surface area (Å²) in [6, 6.07) is 11.6. The second kappa shape index (κ2) is 8.31. The molecule has 2 atom stereocenters. The zero-order valence-corrected chi connectivity index (χ0v) is 19.8. The third kappa shape index (κ3) is 4.65. The molecule has 31 heavy (non-hydrogen) atoms. The number of sulfone groups is 1. The van der Waals surface area contributed by atoms with Crippen LogP contribution in [0.2, 0.25) is 0 Å². The molecule has 1 fully saturated rings. The topological polar surface area (TPSA) is 78.8 Å². The van der Waals surface area contributed by atoms with Gasteiger partial charge in [0, 0.05) is 11.4 Å². The molecule has 0 radical (unpaired) electrons. The number of hydrogen-bond donors (Lipinski definition) is 1. The highest BCUT2D eigenvalue weighted by atomic mass is 32.2. The Kier molecular flexibility index (Phi) is 5.87. The molecule has 2 aromatic carbocycles. The molecule has 0 aliphatic carbocycles. The number of carbonyl (C=O) groups excluding carboxylic acids is 1. The minimum absolute atomic E-state index is 0.0673. The fourth-order valence-corrected chi connectivity index (χ4v) is 6.92. The van der Waals surface area contributed by atoms with Crippen LogP contribution in [0.1, 0.15) is 22.3 Å². The van der Waals surface area contributed by atoms with Crippen LogP contribution >= 0.6 is 11.8 Å². The number of amidine groups is 1. The highest BCUT2D eigenvalue weighted by molar-refractivity contribution is 8.14. The lowest BCUT2D eigenvalue weighted by molar-refractivity contribution is -0.113. The average Bonchev–Trinajstić information content (AvgIpc) is 3.15. The first-order valence-corrected chi connectivity index (χ1v) is 13.1. The highest BCUT2D eigenvalue weighted by Gasteiger charge is 2.47. The van der Waals surface area contributed by atoms with Gasteiger partial charge in [0.1, 0.15) is 0 Å². The van der Waals surface area contributed by atoms with Crippen molar-refractivity contribution in [1.82, 2.24) is 0 Å². The number of thioether (sulfide) groups is 1. The predicted molar refractivity (Wildman–Crippen MR) is 129 cm³/mol. The number of anilines is 2. The van der Waals surface area contributed by atoms with Crippen molar-refractivity contribution in [3.63, 3.8) is 0 Å². The van der Waals surface area contributed by atoms with E-state index in [2.05, 4.69) is 11.4 Å². The minimum Gasteiger partial charge on any atom is -0.325 e. The highest BCUT2D eigenvalue weighted by Crippen LogP contribution is 2.37. The molecular formula is C23H27N3O3S2. The van der Waals surface area contributed by atoms with Crippen molar-refractivity contribution in [1.29, 1.82) is 0 Å². The van der Waals surface area contributed by atoms with Crippen LogP contribution in [0.4, 0.5) is 11.4 Å². The number of carbonyl (C=O) groups is 1. The number of nitrogens with one attached hydrogen (secondary N) is 1. The van der Waals surface area contributed by atoms with Crippen LogP contribution in [0.25, 0.3) is 0 Å². The number of fused-ring (bicyclic) bond motifs is 1. The van der Waals surface area contributed by atoms with Crippen molar-refractivity contribution < 1.29 is 13.2 Å². The number of benzene rings is 2. The molecule has 2 aliphatic rings. The number of aryl methyl sites for hydroxylation is 4. The Labute approximate surface area is 188 Å². The van der Waals surface area contributed by atoms with Gasteiger partial charge in [-0.3, -0.25) is 9.79 Å². The van der Waals surface area contributed by atoms with Gasteiger partial charge in [0.15, 0.2) is 15.0 Å². The van der Waals surface area contributed by atoms with Gasteiger partial charge in [-0.05, 0) is 56.5 Å². The van der Waals surface area contributed by atoms with Gasteiger partial charge in [0.2, 0.25) is 5.91 Å². The van der Waals surface area contributed by atoms with E-state index in [0.29, 0.717) is 0 Å². The molecule has 8 heteroatoms. The van der Waals surface area contributed by atoms with Crippen LogP contribution in [-0.2, 0) is 14.6 Å². The van der Waals surface area contributed by atoms with Crippen molar-refractivity contribution in [3.05, 3.63) is 58.7 Å². The standard InChI is InChI=1S/C23H27N3O3S2/c1-14-6-8-18(17(4)9-14)24-22(27)11-30-23-25-19-12-31(28,29)13-21(19)26(23)20-10-15(2)5-7-16(20)3/h5-10,19,21H,11-13H2,1-4H3,(H,24,27)/t19-,21+/m1/s1. The molecular weight excluding hydrogens is 430 g/mol. The molecule has 1 amide bonds. The second-order valence-corrected chi connectivity index (χ2v) is 11.5. The number of hydrogen-bond acceptors (Lipinski definition) is 6. The maximum Gasteiger partial charge on any atom is 0.234 e. The fraction of sp³-hybridized carbons (Fsp3) is 0.391. The van der Waals surface area contributed by atoms with Crippen LogP contribution < -0.4 is 10.2 Å². The lowest BCUT2D eigenvalue weighted by Crippen LogP contribution is -2.40. The summed E-state index contributed by atoms with van der Waals surface area (Å²) in [7, 11) is -3.11. The Bertz CT molecular complexity index is 1170. The molecule has 1 N–H and O–H groups in total. The van der Waals surface area contributed by atoms with E-state index in [1.165, 1.54) is 11.8 Å². The molecule has 164 valence electrons. The summed E-state index contributed by atoms with van der Waals surface area (Å²) < 4.78 is 24.5. The molecule has 0 saturated carbocycles. The molecule has 1 saturated heterocycles. The quantitative estimate of drug-likeness (QED) is 0.758. The van der Waals surface area contributed by atoms with Gasteiger partial charge in [-0.25, -0.2) is 8.42 Å². The zero-order chi connectivity index (χ0) is 22.3. The van der Waals surface area contributed by atoms with E-state index in [9.17, 15) is 13.2 Å². The summed E-state index contributed by atoms with van der Waals surface area (Å²) in [6.45, 7) is 8.02. The van der Waals surface area contributed by atoms with Gasteiger partial charge < -0.3 is 10.2 Å². The molecule has 0 aromatic heterocycles. The van der Waals surface area contributed by atoms with E-state index >= 15 is 0 Å². The number of rotatable bonds is 4. The monoisotopic (exact) mass is 457 g/mol. The Hall–Kier alpha value is -2.32. The van der Waals surface area contributed by atoms with E-state index in [1.807, 2.05) is 62.9 Å². The summed E-state index contributed by atoms with van der Waals surface area (Å²) in [4.78, 5) is 19.4. The Morgan fingerprint density at radius 1 is 1.06 bits per heavy atom. The van der Waals surface area contributed by atoms with Crippen molar-refractivity contribution in [2.45, 2.75) is 39.8 Å². The maximum atomic E-state index is 12.6. The lowest BCUT2D eigenvalue weighted by atomic mass is 10.1. The summed E-state index contributed by atoms with van der Waals surface area (Å²) in [6.07, 6.45) is 0. The summed E-state index contributed by atoms with van der Waals surface area (Å²) in [5.74, 6) is 0.260. The van der Waals surface area contributed by atoms with Crippen LogP contribution in [0.5, 0.6) is 0 Å². The van der Waals surface area contributed by atoms with Crippen molar-refractivity contribution in [3.8, 4) is 0 Å². The van der Waals surface area contributed by atoms with E-state index in [0.717, 1.165) is 38.8 Å². The first-order valence-electron chi connectivity index (χ1n) is 10.3. The minimum atomic E-state index is -3.11. The zero-order valence-electron chi connectivity index (χ0n) is 18.2. The Morgan fingerprint density at radius 3 is 2.52 bits per heavy atom. The number of nitrogens with zero attached hydrogens (tertiary/aromatic N) is 2. The molecule has 2 heterocycles. The largest absolute Gasteiger partial charge is 0.325 e. The second-order valence-electron chi connectivity index (χ2n) is 8.44. The molecule has 6 nitrogen and oxygen atoms in total. The Balaban J connectivity index is 1.54. The van der Waals surface area contributed by atoms with E-state index < -0.39 is 9.84 Å². The molecule has 2 aromatic rings. The van der Waals surface area contributed by atoms with Gasteiger partial charge >= 0.3 is 0 Å². The smallest absolute Gasteiger partial charge is 0.234 e. The van der Waals surface area contributed by atoms with Crippen molar-refractivity contribution >= 4 is 44.0 Å². The van der Waals surface area contributed by atoms with Gasteiger partial charge in [0.05, 0.1) is 29.3 Å². The van der Waals surface area contributed by atoms with Crippen LogP contribution in [0, 0.1) is 27.7 Å².